The molecule has 0 saturated heterocycles. The van der Waals surface area contributed by atoms with Crippen LogP contribution in [0.15, 0.2) is 59.5 Å². The molecule has 2 aromatic rings. The topological polar surface area (TPSA) is 75.7 Å². The van der Waals surface area contributed by atoms with E-state index in [2.05, 4.69) is 4.72 Å². The van der Waals surface area contributed by atoms with E-state index in [1.165, 1.54) is 12.1 Å². The lowest BCUT2D eigenvalue weighted by Crippen LogP contribution is -2.49. The van der Waals surface area contributed by atoms with Gasteiger partial charge in [0.15, 0.2) is 0 Å². The number of carbonyl (C=O) groups is 1. The monoisotopic (exact) mass is 404 g/mol. The number of nitrogens with zero attached hydrogens (tertiary/aromatic N) is 1. The molecule has 7 heteroatoms. The zero-order chi connectivity index (χ0) is 20.6. The van der Waals surface area contributed by atoms with Crippen molar-refractivity contribution in [2.45, 2.75) is 38.1 Å². The molecule has 1 atom stereocenters. The Morgan fingerprint density at radius 1 is 1.00 bits per heavy atom. The number of hydrogen-bond donors (Lipinski definition) is 1. The lowest BCUT2D eigenvalue weighted by molar-refractivity contribution is -0.132. The Balaban J connectivity index is 2.27. The first-order valence-electron chi connectivity index (χ1n) is 9.49. The molecule has 0 unspecified atom stereocenters. The van der Waals surface area contributed by atoms with Gasteiger partial charge in [-0.25, -0.2) is 8.42 Å². The van der Waals surface area contributed by atoms with Crippen LogP contribution in [0.4, 0.5) is 0 Å². The van der Waals surface area contributed by atoms with Crippen LogP contribution in [0.25, 0.3) is 0 Å². The molecule has 2 rings (SSSR count). The predicted molar refractivity (Wildman–Crippen MR) is 110 cm³/mol. The molecule has 0 aliphatic rings. The Morgan fingerprint density at radius 3 is 2.14 bits per heavy atom. The summed E-state index contributed by atoms with van der Waals surface area (Å²) in [4.78, 5) is 14.7. The van der Waals surface area contributed by atoms with Gasteiger partial charge in [0.2, 0.25) is 15.9 Å². The first-order valence-corrected chi connectivity index (χ1v) is 11.0. The number of likely N-dealkylation sites (N-methyl/N-ethyl adjacent to an activating group) is 1. The van der Waals surface area contributed by atoms with Crippen LogP contribution in [0.1, 0.15) is 26.3 Å². The molecule has 2 aromatic carbocycles. The molecule has 28 heavy (non-hydrogen) atoms. The highest BCUT2D eigenvalue weighted by molar-refractivity contribution is 7.89. The Labute approximate surface area is 167 Å². The van der Waals surface area contributed by atoms with Crippen LogP contribution in [0.2, 0.25) is 0 Å². The predicted octanol–water partition coefficient (Wildman–Crippen LogP) is 2.84. The average Bonchev–Trinajstić information content (AvgIpc) is 2.69. The van der Waals surface area contributed by atoms with Crippen molar-refractivity contribution in [2.75, 3.05) is 19.7 Å². The molecule has 0 heterocycles. The van der Waals surface area contributed by atoms with Gasteiger partial charge in [0, 0.05) is 13.1 Å². The molecule has 0 fully saturated rings. The molecule has 152 valence electrons. The number of ether oxygens (including phenoxy) is 1. The third-order valence-electron chi connectivity index (χ3n) is 4.40. The summed E-state index contributed by atoms with van der Waals surface area (Å²) < 4.78 is 33.7. The van der Waals surface area contributed by atoms with Crippen molar-refractivity contribution in [1.82, 2.24) is 9.62 Å². The van der Waals surface area contributed by atoms with Crippen molar-refractivity contribution in [1.29, 1.82) is 0 Å². The second-order valence-corrected chi connectivity index (χ2v) is 7.99. The molecular formula is C21H28N2O4S. The molecular weight excluding hydrogens is 376 g/mol. The van der Waals surface area contributed by atoms with E-state index in [-0.39, 0.29) is 17.2 Å². The van der Waals surface area contributed by atoms with E-state index in [0.717, 1.165) is 5.56 Å². The lowest BCUT2D eigenvalue weighted by atomic mass is 10.1. The summed E-state index contributed by atoms with van der Waals surface area (Å²) >= 11 is 0. The fourth-order valence-corrected chi connectivity index (χ4v) is 4.11. The van der Waals surface area contributed by atoms with Gasteiger partial charge in [0.25, 0.3) is 0 Å². The van der Waals surface area contributed by atoms with Gasteiger partial charge in [-0.05, 0) is 57.0 Å². The summed E-state index contributed by atoms with van der Waals surface area (Å²) in [6.45, 7) is 7.15. The van der Waals surface area contributed by atoms with Crippen molar-refractivity contribution in [3.63, 3.8) is 0 Å². The molecule has 0 aliphatic heterocycles. The summed E-state index contributed by atoms with van der Waals surface area (Å²) in [5.41, 5.74) is 0.891. The van der Waals surface area contributed by atoms with E-state index in [4.69, 9.17) is 4.74 Å². The number of nitrogens with one attached hydrogen (secondary N) is 1. The third kappa shape index (κ3) is 5.81. The largest absolute Gasteiger partial charge is 0.494 e. The maximum Gasteiger partial charge on any atom is 0.241 e. The molecule has 0 spiro atoms. The summed E-state index contributed by atoms with van der Waals surface area (Å²) in [5, 5.41) is 0. The van der Waals surface area contributed by atoms with Crippen molar-refractivity contribution in [3.8, 4) is 5.75 Å². The number of carbonyl (C=O) groups excluding carboxylic acids is 1. The second kappa shape index (κ2) is 10.2. The van der Waals surface area contributed by atoms with Crippen LogP contribution in [-0.4, -0.2) is 45.0 Å². The number of hydrogen-bond acceptors (Lipinski definition) is 4. The lowest BCUT2D eigenvalue weighted by Gasteiger charge is -2.26. The van der Waals surface area contributed by atoms with Gasteiger partial charge in [-0.15, -0.1) is 0 Å². The van der Waals surface area contributed by atoms with Crippen LogP contribution in [0.3, 0.4) is 0 Å². The van der Waals surface area contributed by atoms with Gasteiger partial charge in [-0.1, -0.05) is 30.3 Å². The van der Waals surface area contributed by atoms with Crippen molar-refractivity contribution < 1.29 is 17.9 Å². The van der Waals surface area contributed by atoms with Gasteiger partial charge < -0.3 is 9.64 Å². The Hall–Kier alpha value is -2.38. The van der Waals surface area contributed by atoms with Crippen LogP contribution in [0.5, 0.6) is 5.75 Å². The molecule has 1 N–H and O–H groups in total. The standard InChI is InChI=1S/C21H28N2O4S/c1-4-23(5-2)21(24)20(16-17-10-8-7-9-11-17)22-28(25,26)19-14-12-18(13-15-19)27-6-3/h7-15,20,22H,4-6,16H2,1-3H3/t20-/m1/s1. The van der Waals surface area contributed by atoms with Crippen molar-refractivity contribution in [3.05, 3.63) is 60.2 Å². The van der Waals surface area contributed by atoms with Gasteiger partial charge in [0.05, 0.1) is 11.5 Å². The highest BCUT2D eigenvalue weighted by Gasteiger charge is 2.28. The highest BCUT2D eigenvalue weighted by Crippen LogP contribution is 2.17. The first-order chi connectivity index (χ1) is 13.4. The maximum atomic E-state index is 12.9. The minimum Gasteiger partial charge on any atom is -0.494 e. The SMILES string of the molecule is CCOc1ccc(S(=O)(=O)N[C@H](Cc2ccccc2)C(=O)N(CC)CC)cc1. The van der Waals surface area contributed by atoms with Crippen LogP contribution < -0.4 is 9.46 Å². The molecule has 6 nitrogen and oxygen atoms in total. The zero-order valence-corrected chi connectivity index (χ0v) is 17.4. The fourth-order valence-electron chi connectivity index (χ4n) is 2.92. The minimum absolute atomic E-state index is 0.0985. The normalized spacial score (nSPS) is 12.4. The maximum absolute atomic E-state index is 12.9. The Kier molecular flexibility index (Phi) is 8.02. The summed E-state index contributed by atoms with van der Waals surface area (Å²) in [7, 11) is -3.86. The number of rotatable bonds is 10. The van der Waals surface area contributed by atoms with E-state index >= 15 is 0 Å². The number of amides is 1. The average molecular weight is 405 g/mol. The van der Waals surface area contributed by atoms with Crippen LogP contribution in [-0.2, 0) is 21.2 Å². The van der Waals surface area contributed by atoms with Gasteiger partial charge in [-0.3, -0.25) is 4.79 Å². The van der Waals surface area contributed by atoms with Gasteiger partial charge in [-0.2, -0.15) is 4.72 Å². The van der Waals surface area contributed by atoms with Gasteiger partial charge >= 0.3 is 0 Å². The van der Waals surface area contributed by atoms with E-state index in [1.807, 2.05) is 51.1 Å². The second-order valence-electron chi connectivity index (χ2n) is 6.28. The third-order valence-corrected chi connectivity index (χ3v) is 5.89. The first kappa shape index (κ1) is 21.9. The van der Waals surface area contributed by atoms with Crippen molar-refractivity contribution >= 4 is 15.9 Å². The molecule has 0 radical (unpaired) electrons. The van der Waals surface area contributed by atoms with E-state index < -0.39 is 16.1 Å². The molecule has 0 aromatic heterocycles. The Morgan fingerprint density at radius 2 is 1.61 bits per heavy atom. The van der Waals surface area contributed by atoms with E-state index in [0.29, 0.717) is 25.4 Å². The zero-order valence-electron chi connectivity index (χ0n) is 16.6. The quantitative estimate of drug-likeness (QED) is 0.661. The smallest absolute Gasteiger partial charge is 0.241 e. The number of benzene rings is 2. The van der Waals surface area contributed by atoms with Gasteiger partial charge in [0.1, 0.15) is 11.8 Å². The summed E-state index contributed by atoms with van der Waals surface area (Å²) in [6.07, 6.45) is 0.284. The van der Waals surface area contributed by atoms with Crippen molar-refractivity contribution in [2.24, 2.45) is 0 Å². The van der Waals surface area contributed by atoms with E-state index in [1.54, 1.807) is 17.0 Å². The minimum atomic E-state index is -3.86. The molecule has 0 aliphatic carbocycles. The van der Waals surface area contributed by atoms with Crippen LogP contribution in [0, 0.1) is 0 Å². The molecule has 0 bridgehead atoms. The summed E-state index contributed by atoms with van der Waals surface area (Å²) in [6, 6.07) is 14.7. The summed E-state index contributed by atoms with van der Waals surface area (Å²) in [5.74, 6) is 0.366. The van der Waals surface area contributed by atoms with E-state index in [9.17, 15) is 13.2 Å². The fraction of sp³-hybridized carbons (Fsp3) is 0.381. The molecule has 0 saturated carbocycles. The van der Waals surface area contributed by atoms with Crippen LogP contribution >= 0.6 is 0 Å². The highest BCUT2D eigenvalue weighted by atomic mass is 32.2. The Bertz CT molecular complexity index is 848. The number of sulfonamides is 1. The molecule has 1 amide bonds.